The van der Waals surface area contributed by atoms with Crippen molar-refractivity contribution < 1.29 is 71.8 Å². The summed E-state index contributed by atoms with van der Waals surface area (Å²) in [4.78, 5) is 75.5. The van der Waals surface area contributed by atoms with E-state index in [1.165, 1.54) is 64.8 Å². The number of carbonyl (C=O) groups excluding carboxylic acids is 5. The number of rotatable bonds is 14. The van der Waals surface area contributed by atoms with Gasteiger partial charge in [0.2, 0.25) is 12.2 Å². The largest absolute Gasteiger partial charge is 0.497 e. The predicted octanol–water partition coefficient (Wildman–Crippen LogP) is 3.05. The number of amides is 1. The summed E-state index contributed by atoms with van der Waals surface area (Å²) in [5.74, 6) is -6.73. The first-order valence-electron chi connectivity index (χ1n) is 13.7. The number of carboxylic acid groups (broad SMARTS) is 1. The molecule has 2 atom stereocenters. The Hall–Kier alpha value is -6.32. The fraction of sp³-hybridized carbons (Fsp3) is 0.250. The standard InChI is InChI=1S/C32H31NO15/c1-16(34)45-23-10-7-18(13-25(23)43-5)31(39)47-27(29(36)33-21-15-20(41-3)9-12-22(21)42-4)28(30(37)38)48-32(40)19-8-11-24(46-17(2)35)26(14-19)44-6/h7-15,27-28H,1-6H3,(H,33,36)(H,37,38)/t27-,28-/m0/s1. The van der Waals surface area contributed by atoms with Crippen LogP contribution in [0.4, 0.5) is 5.69 Å². The minimum atomic E-state index is -2.42. The van der Waals surface area contributed by atoms with Crippen LogP contribution in [0.15, 0.2) is 54.6 Å². The number of carboxylic acids is 1. The maximum Gasteiger partial charge on any atom is 0.349 e. The molecule has 0 saturated carbocycles. The van der Waals surface area contributed by atoms with Crippen LogP contribution >= 0.6 is 0 Å². The lowest BCUT2D eigenvalue weighted by Gasteiger charge is -2.24. The topological polar surface area (TPSA) is 209 Å². The molecule has 16 heteroatoms. The molecular weight excluding hydrogens is 638 g/mol. The van der Waals surface area contributed by atoms with Gasteiger partial charge in [-0.05, 0) is 48.5 Å². The molecule has 0 aromatic heterocycles. The zero-order chi connectivity index (χ0) is 35.5. The van der Waals surface area contributed by atoms with E-state index < -0.39 is 48.0 Å². The van der Waals surface area contributed by atoms with E-state index in [4.69, 9.17) is 37.9 Å². The van der Waals surface area contributed by atoms with Gasteiger partial charge in [-0.25, -0.2) is 14.4 Å². The molecule has 3 aromatic carbocycles. The van der Waals surface area contributed by atoms with Gasteiger partial charge in [-0.1, -0.05) is 0 Å². The van der Waals surface area contributed by atoms with E-state index in [1.807, 2.05) is 0 Å². The molecule has 0 heterocycles. The van der Waals surface area contributed by atoms with E-state index in [2.05, 4.69) is 5.32 Å². The van der Waals surface area contributed by atoms with Crippen molar-refractivity contribution in [2.75, 3.05) is 33.8 Å². The zero-order valence-electron chi connectivity index (χ0n) is 26.5. The molecule has 0 aliphatic rings. The normalized spacial score (nSPS) is 11.5. The highest BCUT2D eigenvalue weighted by Crippen LogP contribution is 2.32. The number of nitrogens with one attached hydrogen (secondary N) is 1. The highest BCUT2D eigenvalue weighted by Gasteiger charge is 2.41. The molecule has 1 amide bonds. The van der Waals surface area contributed by atoms with E-state index in [0.717, 1.165) is 32.0 Å². The number of benzene rings is 3. The Labute approximate surface area is 273 Å². The second-order valence-electron chi connectivity index (χ2n) is 9.46. The van der Waals surface area contributed by atoms with Crippen LogP contribution in [0.5, 0.6) is 34.5 Å². The van der Waals surface area contributed by atoms with E-state index in [0.29, 0.717) is 0 Å². The summed E-state index contributed by atoms with van der Waals surface area (Å²) < 4.78 is 41.3. The molecule has 0 spiro atoms. The monoisotopic (exact) mass is 669 g/mol. The van der Waals surface area contributed by atoms with Crippen LogP contribution in [0.3, 0.4) is 0 Å². The molecular formula is C32H31NO15. The van der Waals surface area contributed by atoms with Crippen LogP contribution in [0.1, 0.15) is 34.6 Å². The van der Waals surface area contributed by atoms with Crippen molar-refractivity contribution in [3.05, 3.63) is 65.7 Å². The van der Waals surface area contributed by atoms with Crippen molar-refractivity contribution in [3.63, 3.8) is 0 Å². The Morgan fingerprint density at radius 3 is 1.46 bits per heavy atom. The van der Waals surface area contributed by atoms with E-state index >= 15 is 0 Å². The summed E-state index contributed by atoms with van der Waals surface area (Å²) in [5, 5.41) is 12.5. The summed E-state index contributed by atoms with van der Waals surface area (Å²) in [6, 6.07) is 11.3. The van der Waals surface area contributed by atoms with E-state index in [-0.39, 0.29) is 51.3 Å². The Morgan fingerprint density at radius 1 is 0.583 bits per heavy atom. The number of hydrogen-bond acceptors (Lipinski definition) is 14. The maximum atomic E-state index is 13.7. The number of aliphatic carboxylic acids is 1. The quantitative estimate of drug-likeness (QED) is 0.187. The second kappa shape index (κ2) is 16.3. The number of esters is 4. The molecule has 0 aliphatic carbocycles. The number of hydrogen-bond donors (Lipinski definition) is 2. The minimum Gasteiger partial charge on any atom is -0.497 e. The number of anilines is 1. The molecule has 3 rings (SSSR count). The number of carbonyl (C=O) groups is 6. The highest BCUT2D eigenvalue weighted by atomic mass is 16.6. The first kappa shape index (κ1) is 36.2. The van der Waals surface area contributed by atoms with Gasteiger partial charge in [-0.15, -0.1) is 0 Å². The Bertz CT molecular complexity index is 1720. The van der Waals surface area contributed by atoms with Crippen LogP contribution in [0.2, 0.25) is 0 Å². The molecule has 3 aromatic rings. The summed E-state index contributed by atoms with van der Waals surface area (Å²) in [5.41, 5.74) is -0.517. The van der Waals surface area contributed by atoms with Gasteiger partial charge in [0, 0.05) is 19.9 Å². The molecule has 0 aliphatic heterocycles. The summed E-state index contributed by atoms with van der Waals surface area (Å²) >= 11 is 0. The third-order valence-corrected chi connectivity index (χ3v) is 6.22. The van der Waals surface area contributed by atoms with Crippen molar-refractivity contribution in [1.29, 1.82) is 0 Å². The van der Waals surface area contributed by atoms with Crippen molar-refractivity contribution in [3.8, 4) is 34.5 Å². The average Bonchev–Trinajstić information content (AvgIpc) is 3.05. The van der Waals surface area contributed by atoms with Crippen LogP contribution in [0.25, 0.3) is 0 Å². The fourth-order valence-electron chi connectivity index (χ4n) is 4.04. The van der Waals surface area contributed by atoms with Gasteiger partial charge in [-0.2, -0.15) is 0 Å². The van der Waals surface area contributed by atoms with Gasteiger partial charge < -0.3 is 48.3 Å². The van der Waals surface area contributed by atoms with Crippen molar-refractivity contribution in [1.82, 2.24) is 0 Å². The Morgan fingerprint density at radius 2 is 1.04 bits per heavy atom. The smallest absolute Gasteiger partial charge is 0.349 e. The van der Waals surface area contributed by atoms with Gasteiger partial charge in [0.15, 0.2) is 23.0 Å². The Kier molecular flexibility index (Phi) is 12.3. The van der Waals surface area contributed by atoms with Crippen LogP contribution in [0, 0.1) is 0 Å². The molecule has 0 radical (unpaired) electrons. The molecule has 48 heavy (non-hydrogen) atoms. The average molecular weight is 670 g/mol. The lowest BCUT2D eigenvalue weighted by Crippen LogP contribution is -2.48. The zero-order valence-corrected chi connectivity index (χ0v) is 26.5. The third kappa shape index (κ3) is 9.12. The molecule has 0 bridgehead atoms. The van der Waals surface area contributed by atoms with Crippen LogP contribution in [-0.4, -0.2) is 81.5 Å². The first-order valence-corrected chi connectivity index (χ1v) is 13.7. The summed E-state index contributed by atoms with van der Waals surface area (Å²) in [6.45, 7) is 2.30. The molecule has 254 valence electrons. The molecule has 2 N–H and O–H groups in total. The van der Waals surface area contributed by atoms with Gasteiger partial charge in [0.25, 0.3) is 5.91 Å². The number of ether oxygens (including phenoxy) is 8. The van der Waals surface area contributed by atoms with Crippen molar-refractivity contribution in [2.45, 2.75) is 26.1 Å². The van der Waals surface area contributed by atoms with Gasteiger partial charge in [-0.3, -0.25) is 14.4 Å². The number of methoxy groups -OCH3 is 4. The molecule has 0 saturated heterocycles. The summed E-state index contributed by atoms with van der Waals surface area (Å²) in [7, 11) is 5.15. The van der Waals surface area contributed by atoms with Crippen molar-refractivity contribution >= 4 is 41.4 Å². The van der Waals surface area contributed by atoms with E-state index in [9.17, 15) is 33.9 Å². The summed E-state index contributed by atoms with van der Waals surface area (Å²) in [6.07, 6.45) is -4.73. The molecule has 0 fully saturated rings. The molecule has 0 unspecified atom stereocenters. The van der Waals surface area contributed by atoms with Crippen LogP contribution in [-0.2, 0) is 28.7 Å². The predicted molar refractivity (Wildman–Crippen MR) is 163 cm³/mol. The Balaban J connectivity index is 2.03. The molecule has 16 nitrogen and oxygen atoms in total. The second-order valence-corrected chi connectivity index (χ2v) is 9.46. The van der Waals surface area contributed by atoms with Gasteiger partial charge >= 0.3 is 29.8 Å². The van der Waals surface area contributed by atoms with Crippen LogP contribution < -0.4 is 33.7 Å². The maximum absolute atomic E-state index is 13.7. The lowest BCUT2D eigenvalue weighted by molar-refractivity contribution is -0.157. The lowest BCUT2D eigenvalue weighted by atomic mass is 10.1. The van der Waals surface area contributed by atoms with Crippen molar-refractivity contribution in [2.24, 2.45) is 0 Å². The highest BCUT2D eigenvalue weighted by molar-refractivity contribution is 6.02. The first-order chi connectivity index (χ1) is 22.8. The fourth-order valence-corrected chi connectivity index (χ4v) is 4.04. The van der Waals surface area contributed by atoms with Gasteiger partial charge in [0.05, 0.1) is 45.3 Å². The van der Waals surface area contributed by atoms with Gasteiger partial charge in [0.1, 0.15) is 11.5 Å². The SMILES string of the molecule is COc1ccc(OC)c(NC(=O)[C@@H](OC(=O)c2ccc(OC(C)=O)c(OC)c2)[C@H](OC(=O)c2ccc(OC(C)=O)c(OC)c2)C(=O)O)c1. The minimum absolute atomic E-state index is 0.00318. The van der Waals surface area contributed by atoms with E-state index in [1.54, 1.807) is 0 Å². The third-order valence-electron chi connectivity index (χ3n) is 6.22.